The number of amides is 1. The molecule has 0 aliphatic heterocycles. The van der Waals surface area contributed by atoms with Crippen LogP contribution in [0.15, 0.2) is 45.9 Å². The highest BCUT2D eigenvalue weighted by Crippen LogP contribution is 2.37. The average molecular weight is 312 g/mol. The zero-order chi connectivity index (χ0) is 16.4. The van der Waals surface area contributed by atoms with E-state index in [2.05, 4.69) is 10.5 Å². The minimum Gasteiger partial charge on any atom is -0.493 e. The molecule has 0 bridgehead atoms. The standard InChI is InChI=1S/C17H16N2O4/c1-10(2)18-19-17(20)23-16-9-14-12(8-15(16)21-3)11-6-4-5-7-13(11)22-14/h4-9H,1-3H3,(H,19,20). The zero-order valence-electron chi connectivity index (χ0n) is 13.0. The Morgan fingerprint density at radius 2 is 1.87 bits per heavy atom. The molecule has 1 heterocycles. The Hall–Kier alpha value is -3.02. The van der Waals surface area contributed by atoms with Gasteiger partial charge in [0.2, 0.25) is 0 Å². The summed E-state index contributed by atoms with van der Waals surface area (Å²) in [5, 5.41) is 5.67. The van der Waals surface area contributed by atoms with Crippen LogP contribution >= 0.6 is 0 Å². The topological polar surface area (TPSA) is 73.1 Å². The van der Waals surface area contributed by atoms with Crippen LogP contribution in [0.2, 0.25) is 0 Å². The molecule has 3 rings (SSSR count). The van der Waals surface area contributed by atoms with Crippen LogP contribution in [0.25, 0.3) is 21.9 Å². The number of para-hydroxylation sites is 1. The molecule has 6 heteroatoms. The largest absolute Gasteiger partial charge is 0.493 e. The van der Waals surface area contributed by atoms with E-state index in [1.165, 1.54) is 7.11 Å². The summed E-state index contributed by atoms with van der Waals surface area (Å²) in [6.07, 6.45) is -0.694. The number of fused-ring (bicyclic) bond motifs is 3. The Morgan fingerprint density at radius 3 is 2.61 bits per heavy atom. The van der Waals surface area contributed by atoms with Crippen LogP contribution in [-0.2, 0) is 0 Å². The Bertz CT molecular complexity index is 907. The second-order valence-corrected chi connectivity index (χ2v) is 5.16. The number of hydrogen-bond donors (Lipinski definition) is 1. The fourth-order valence-electron chi connectivity index (χ4n) is 2.25. The Balaban J connectivity index is 2.01. The van der Waals surface area contributed by atoms with Crippen LogP contribution < -0.4 is 14.9 Å². The first-order chi connectivity index (χ1) is 11.1. The number of nitrogens with zero attached hydrogens (tertiary/aromatic N) is 1. The lowest BCUT2D eigenvalue weighted by Gasteiger charge is -2.08. The number of hydrazone groups is 1. The highest BCUT2D eigenvalue weighted by atomic mass is 16.6. The van der Waals surface area contributed by atoms with E-state index in [0.717, 1.165) is 16.4 Å². The van der Waals surface area contributed by atoms with Crippen LogP contribution in [0.5, 0.6) is 11.5 Å². The molecule has 0 aliphatic rings. The molecule has 0 fully saturated rings. The van der Waals surface area contributed by atoms with E-state index in [4.69, 9.17) is 13.9 Å². The Labute approximate surface area is 132 Å². The van der Waals surface area contributed by atoms with Crippen molar-refractivity contribution in [3.63, 3.8) is 0 Å². The van der Waals surface area contributed by atoms with Crippen LogP contribution in [-0.4, -0.2) is 18.9 Å². The molecule has 0 atom stereocenters. The second kappa shape index (κ2) is 6.00. The quantitative estimate of drug-likeness (QED) is 0.584. The molecule has 0 aliphatic carbocycles. The highest BCUT2D eigenvalue weighted by Gasteiger charge is 2.15. The van der Waals surface area contributed by atoms with Gasteiger partial charge in [-0.25, -0.2) is 10.2 Å². The van der Waals surface area contributed by atoms with Gasteiger partial charge in [-0.15, -0.1) is 0 Å². The van der Waals surface area contributed by atoms with Crippen molar-refractivity contribution in [3.05, 3.63) is 36.4 Å². The molecule has 0 radical (unpaired) electrons. The van der Waals surface area contributed by atoms with Gasteiger partial charge in [0.1, 0.15) is 11.2 Å². The van der Waals surface area contributed by atoms with Gasteiger partial charge >= 0.3 is 6.09 Å². The van der Waals surface area contributed by atoms with Gasteiger partial charge in [-0.1, -0.05) is 18.2 Å². The van der Waals surface area contributed by atoms with E-state index < -0.39 is 6.09 Å². The third-order valence-electron chi connectivity index (χ3n) is 3.24. The summed E-state index contributed by atoms with van der Waals surface area (Å²) in [5.74, 6) is 0.705. The van der Waals surface area contributed by atoms with E-state index in [-0.39, 0.29) is 5.75 Å². The van der Waals surface area contributed by atoms with E-state index in [9.17, 15) is 4.79 Å². The van der Waals surface area contributed by atoms with Gasteiger partial charge in [-0.2, -0.15) is 5.10 Å². The Morgan fingerprint density at radius 1 is 1.09 bits per heavy atom. The first kappa shape index (κ1) is 14.9. The third kappa shape index (κ3) is 2.96. The van der Waals surface area contributed by atoms with E-state index >= 15 is 0 Å². The molecule has 0 saturated carbocycles. The number of methoxy groups -OCH3 is 1. The summed E-state index contributed by atoms with van der Waals surface area (Å²) < 4.78 is 16.3. The van der Waals surface area contributed by atoms with Crippen molar-refractivity contribution < 1.29 is 18.7 Å². The van der Waals surface area contributed by atoms with Crippen LogP contribution in [0.1, 0.15) is 13.8 Å². The number of carbonyl (C=O) groups is 1. The summed E-state index contributed by atoms with van der Waals surface area (Å²) in [4.78, 5) is 11.8. The number of ether oxygens (including phenoxy) is 2. The van der Waals surface area contributed by atoms with E-state index in [1.807, 2.05) is 24.3 Å². The summed E-state index contributed by atoms with van der Waals surface area (Å²) in [6.45, 7) is 3.53. The number of hydrogen-bond acceptors (Lipinski definition) is 5. The van der Waals surface area contributed by atoms with Gasteiger partial charge in [0, 0.05) is 22.6 Å². The maximum atomic E-state index is 11.8. The summed E-state index contributed by atoms with van der Waals surface area (Å²) in [7, 11) is 1.52. The molecular formula is C17H16N2O4. The van der Waals surface area contributed by atoms with Crippen LogP contribution in [0, 0.1) is 0 Å². The van der Waals surface area contributed by atoms with E-state index in [1.54, 1.807) is 26.0 Å². The van der Waals surface area contributed by atoms with Crippen molar-refractivity contribution in [3.8, 4) is 11.5 Å². The molecule has 6 nitrogen and oxygen atoms in total. The maximum absolute atomic E-state index is 11.8. The monoisotopic (exact) mass is 312 g/mol. The minimum absolute atomic E-state index is 0.264. The fraction of sp³-hybridized carbons (Fsp3) is 0.176. The smallest absolute Gasteiger partial charge is 0.433 e. The number of furan rings is 1. The first-order valence-electron chi connectivity index (χ1n) is 7.06. The molecule has 1 amide bonds. The predicted octanol–water partition coefficient (Wildman–Crippen LogP) is 4.08. The third-order valence-corrected chi connectivity index (χ3v) is 3.24. The van der Waals surface area contributed by atoms with Gasteiger partial charge in [-0.05, 0) is 26.0 Å². The van der Waals surface area contributed by atoms with Crippen molar-refractivity contribution in [1.29, 1.82) is 0 Å². The number of rotatable bonds is 3. The summed E-state index contributed by atoms with van der Waals surface area (Å²) in [5.41, 5.74) is 4.38. The normalized spacial score (nSPS) is 10.6. The molecule has 3 aromatic rings. The van der Waals surface area contributed by atoms with E-state index in [0.29, 0.717) is 17.0 Å². The SMILES string of the molecule is COc1cc2c(cc1OC(=O)NN=C(C)C)oc1ccccc12. The lowest BCUT2D eigenvalue weighted by Crippen LogP contribution is -2.22. The van der Waals surface area contributed by atoms with Gasteiger partial charge in [0.15, 0.2) is 11.5 Å². The Kier molecular flexibility index (Phi) is 3.89. The van der Waals surface area contributed by atoms with Gasteiger partial charge in [0.25, 0.3) is 0 Å². The maximum Gasteiger partial charge on any atom is 0.433 e. The number of carbonyl (C=O) groups excluding carboxylic acids is 1. The molecule has 1 N–H and O–H groups in total. The first-order valence-corrected chi connectivity index (χ1v) is 7.06. The molecule has 118 valence electrons. The van der Waals surface area contributed by atoms with Crippen molar-refractivity contribution in [2.45, 2.75) is 13.8 Å². The molecule has 0 spiro atoms. The lowest BCUT2D eigenvalue weighted by molar-refractivity contribution is 0.199. The minimum atomic E-state index is -0.694. The van der Waals surface area contributed by atoms with Gasteiger partial charge < -0.3 is 13.9 Å². The second-order valence-electron chi connectivity index (χ2n) is 5.16. The van der Waals surface area contributed by atoms with Gasteiger partial charge in [0.05, 0.1) is 7.11 Å². The molecule has 1 aromatic heterocycles. The van der Waals surface area contributed by atoms with Gasteiger partial charge in [-0.3, -0.25) is 0 Å². The van der Waals surface area contributed by atoms with Crippen molar-refractivity contribution in [2.75, 3.05) is 7.11 Å². The molecular weight excluding hydrogens is 296 g/mol. The van der Waals surface area contributed by atoms with Crippen LogP contribution in [0.4, 0.5) is 4.79 Å². The number of benzene rings is 2. The molecule has 0 unspecified atom stereocenters. The molecule has 23 heavy (non-hydrogen) atoms. The van der Waals surface area contributed by atoms with Crippen molar-refractivity contribution in [1.82, 2.24) is 5.43 Å². The predicted molar refractivity (Wildman–Crippen MR) is 88.2 cm³/mol. The molecule has 0 saturated heterocycles. The van der Waals surface area contributed by atoms with Crippen LogP contribution in [0.3, 0.4) is 0 Å². The molecule has 2 aromatic carbocycles. The fourth-order valence-corrected chi connectivity index (χ4v) is 2.25. The summed E-state index contributed by atoms with van der Waals surface area (Å²) in [6, 6.07) is 11.1. The summed E-state index contributed by atoms with van der Waals surface area (Å²) >= 11 is 0. The lowest BCUT2D eigenvalue weighted by atomic mass is 10.1. The van der Waals surface area contributed by atoms with Crippen molar-refractivity contribution in [2.24, 2.45) is 5.10 Å². The van der Waals surface area contributed by atoms with Crippen molar-refractivity contribution >= 4 is 33.7 Å². The average Bonchev–Trinajstić information content (AvgIpc) is 2.89. The number of nitrogens with one attached hydrogen (secondary N) is 1. The zero-order valence-corrected chi connectivity index (χ0v) is 13.0. The highest BCUT2D eigenvalue weighted by molar-refractivity contribution is 6.06.